The average Bonchev–Trinajstić information content (AvgIpc) is 3.42. The molecular weight excluding hydrogens is 426 g/mol. The zero-order chi connectivity index (χ0) is 23.2. The lowest BCUT2D eigenvalue weighted by Crippen LogP contribution is -2.22. The van der Waals surface area contributed by atoms with Crippen LogP contribution in [0.5, 0.6) is 11.6 Å². The highest BCUT2D eigenvalue weighted by molar-refractivity contribution is 5.98. The molecule has 0 bridgehead atoms. The summed E-state index contributed by atoms with van der Waals surface area (Å²) < 4.78 is 7.49. The van der Waals surface area contributed by atoms with Gasteiger partial charge in [0.1, 0.15) is 12.1 Å². The first-order valence-corrected chi connectivity index (χ1v) is 10.8. The topological polar surface area (TPSA) is 81.9 Å². The first-order chi connectivity index (χ1) is 16.8. The van der Waals surface area contributed by atoms with Crippen LogP contribution < -0.4 is 10.1 Å². The van der Waals surface area contributed by atoms with E-state index in [0.717, 1.165) is 11.1 Å². The fourth-order valence-corrected chi connectivity index (χ4v) is 3.64. The molecule has 2 aromatic heterocycles. The van der Waals surface area contributed by atoms with Crippen LogP contribution in [0.15, 0.2) is 116 Å². The number of nitrogens with one attached hydrogen (secondary N) is 1. The molecular formula is C27H21N5O2. The zero-order valence-corrected chi connectivity index (χ0v) is 18.2. The van der Waals surface area contributed by atoms with Gasteiger partial charge in [-0.3, -0.25) is 4.79 Å². The molecule has 7 heteroatoms. The summed E-state index contributed by atoms with van der Waals surface area (Å²) in [6.45, 7) is 0. The van der Waals surface area contributed by atoms with E-state index in [0.29, 0.717) is 23.1 Å². The Morgan fingerprint density at radius 2 is 1.50 bits per heavy atom. The summed E-state index contributed by atoms with van der Waals surface area (Å²) in [5.41, 5.74) is 2.54. The largest absolute Gasteiger partial charge is 0.439 e. The quantitative estimate of drug-likeness (QED) is 0.370. The lowest BCUT2D eigenvalue weighted by molar-refractivity contribution is -0.116. The maximum Gasteiger partial charge on any atom is 0.236 e. The summed E-state index contributed by atoms with van der Waals surface area (Å²) in [6.07, 6.45) is 4.89. The van der Waals surface area contributed by atoms with Crippen molar-refractivity contribution in [2.75, 3.05) is 5.32 Å². The van der Waals surface area contributed by atoms with Crippen LogP contribution in [0.1, 0.15) is 17.0 Å². The Balaban J connectivity index is 1.31. The monoisotopic (exact) mass is 447 g/mol. The molecule has 34 heavy (non-hydrogen) atoms. The first-order valence-electron chi connectivity index (χ1n) is 10.8. The molecule has 5 aromatic rings. The maximum atomic E-state index is 13.3. The molecule has 0 aliphatic rings. The number of ether oxygens (including phenoxy) is 1. The number of rotatable bonds is 7. The van der Waals surface area contributed by atoms with Gasteiger partial charge in [-0.05, 0) is 41.5 Å². The van der Waals surface area contributed by atoms with Gasteiger partial charge in [-0.2, -0.15) is 5.10 Å². The molecule has 166 valence electrons. The van der Waals surface area contributed by atoms with Gasteiger partial charge in [-0.1, -0.05) is 60.7 Å². The van der Waals surface area contributed by atoms with Crippen LogP contribution in [0.2, 0.25) is 0 Å². The van der Waals surface area contributed by atoms with Gasteiger partial charge in [0.2, 0.25) is 11.8 Å². The van der Waals surface area contributed by atoms with E-state index in [-0.39, 0.29) is 5.91 Å². The number of anilines is 1. The summed E-state index contributed by atoms with van der Waals surface area (Å²) in [5, 5.41) is 7.19. The van der Waals surface area contributed by atoms with Crippen molar-refractivity contribution in [3.8, 4) is 17.4 Å². The molecule has 5 rings (SSSR count). The fraction of sp³-hybridized carbons (Fsp3) is 0.0370. The molecule has 0 saturated heterocycles. The molecule has 0 fully saturated rings. The molecule has 0 aliphatic heterocycles. The number of hydrogen-bond donors (Lipinski definition) is 1. The predicted octanol–water partition coefficient (Wildman–Crippen LogP) is 5.23. The van der Waals surface area contributed by atoms with Gasteiger partial charge in [0.05, 0.1) is 5.92 Å². The molecule has 0 spiro atoms. The number of aromatic nitrogens is 4. The zero-order valence-electron chi connectivity index (χ0n) is 18.2. The van der Waals surface area contributed by atoms with Crippen LogP contribution in [-0.4, -0.2) is 25.7 Å². The van der Waals surface area contributed by atoms with E-state index in [2.05, 4.69) is 20.4 Å². The maximum absolute atomic E-state index is 13.3. The molecule has 0 unspecified atom stereocenters. The molecule has 0 radical (unpaired) electrons. The van der Waals surface area contributed by atoms with Crippen LogP contribution in [-0.2, 0) is 4.79 Å². The van der Waals surface area contributed by atoms with Gasteiger partial charge in [0.25, 0.3) is 0 Å². The number of hydrogen-bond acceptors (Lipinski definition) is 5. The van der Waals surface area contributed by atoms with Gasteiger partial charge in [0.15, 0.2) is 5.82 Å². The van der Waals surface area contributed by atoms with E-state index >= 15 is 0 Å². The summed E-state index contributed by atoms with van der Waals surface area (Å²) >= 11 is 0. The van der Waals surface area contributed by atoms with Crippen molar-refractivity contribution in [1.82, 2.24) is 19.7 Å². The van der Waals surface area contributed by atoms with Gasteiger partial charge in [-0.15, -0.1) is 0 Å². The molecule has 0 atom stereocenters. The second-order valence-corrected chi connectivity index (χ2v) is 7.54. The molecule has 2 heterocycles. The van der Waals surface area contributed by atoms with Crippen LogP contribution in [0.4, 0.5) is 5.69 Å². The number of carbonyl (C=O) groups excluding carboxylic acids is 1. The van der Waals surface area contributed by atoms with E-state index in [1.54, 1.807) is 47.4 Å². The van der Waals surface area contributed by atoms with Crippen molar-refractivity contribution in [3.05, 3.63) is 127 Å². The van der Waals surface area contributed by atoms with Crippen molar-refractivity contribution in [2.24, 2.45) is 0 Å². The Labute approximate surface area is 196 Å². The second kappa shape index (κ2) is 9.79. The molecule has 1 amide bonds. The van der Waals surface area contributed by atoms with Gasteiger partial charge in [0, 0.05) is 24.1 Å². The minimum Gasteiger partial charge on any atom is -0.439 e. The Hall–Kier alpha value is -4.78. The second-order valence-electron chi connectivity index (χ2n) is 7.54. The lowest BCUT2D eigenvalue weighted by Gasteiger charge is -2.18. The molecule has 3 aromatic carbocycles. The third kappa shape index (κ3) is 4.83. The number of carbonyl (C=O) groups is 1. The van der Waals surface area contributed by atoms with Crippen LogP contribution in [0.3, 0.4) is 0 Å². The van der Waals surface area contributed by atoms with Gasteiger partial charge >= 0.3 is 0 Å². The Morgan fingerprint density at radius 3 is 2.12 bits per heavy atom. The lowest BCUT2D eigenvalue weighted by atomic mass is 9.90. The van der Waals surface area contributed by atoms with E-state index in [9.17, 15) is 4.79 Å². The van der Waals surface area contributed by atoms with Crippen LogP contribution in [0.25, 0.3) is 5.82 Å². The molecule has 7 nitrogen and oxygen atoms in total. The highest BCUT2D eigenvalue weighted by atomic mass is 16.5. The Kier molecular flexibility index (Phi) is 6.07. The smallest absolute Gasteiger partial charge is 0.236 e. The third-order valence-electron chi connectivity index (χ3n) is 5.24. The van der Waals surface area contributed by atoms with E-state index < -0.39 is 5.92 Å². The minimum atomic E-state index is -0.417. The average molecular weight is 447 g/mol. The minimum absolute atomic E-state index is 0.106. The van der Waals surface area contributed by atoms with Gasteiger partial charge < -0.3 is 10.1 Å². The Morgan fingerprint density at radius 1 is 0.824 bits per heavy atom. The predicted molar refractivity (Wildman–Crippen MR) is 129 cm³/mol. The number of nitrogens with zero attached hydrogens (tertiary/aromatic N) is 4. The van der Waals surface area contributed by atoms with Crippen molar-refractivity contribution in [2.45, 2.75) is 5.92 Å². The fourth-order valence-electron chi connectivity index (χ4n) is 3.64. The summed E-state index contributed by atoms with van der Waals surface area (Å²) in [4.78, 5) is 21.6. The van der Waals surface area contributed by atoms with E-state index in [1.165, 1.54) is 6.33 Å². The SMILES string of the molecule is O=C(Nc1ccc(Oc2cc(-n3cccn3)ncn2)cc1)C(c1ccccc1)c1ccccc1. The van der Waals surface area contributed by atoms with Crippen LogP contribution in [0, 0.1) is 0 Å². The van der Waals surface area contributed by atoms with E-state index in [4.69, 9.17) is 4.74 Å². The number of benzene rings is 3. The highest BCUT2D eigenvalue weighted by Crippen LogP contribution is 2.27. The Bertz CT molecular complexity index is 1320. The number of amides is 1. The molecule has 1 N–H and O–H groups in total. The third-order valence-corrected chi connectivity index (χ3v) is 5.24. The van der Waals surface area contributed by atoms with Crippen molar-refractivity contribution in [1.29, 1.82) is 0 Å². The molecule has 0 aliphatic carbocycles. The normalized spacial score (nSPS) is 10.7. The summed E-state index contributed by atoms with van der Waals surface area (Å²) in [6, 6.07) is 30.2. The summed E-state index contributed by atoms with van der Waals surface area (Å²) in [5.74, 6) is 1.06. The van der Waals surface area contributed by atoms with Crippen LogP contribution >= 0.6 is 0 Å². The standard InChI is InChI=1S/C27H21N5O2/c33-27(26(20-8-3-1-4-9-20)21-10-5-2-6-11-21)31-22-12-14-23(15-13-22)34-25-18-24(28-19-29-25)32-17-7-16-30-32/h1-19,26H,(H,31,33). The first kappa shape index (κ1) is 21.1. The summed E-state index contributed by atoms with van der Waals surface area (Å²) in [7, 11) is 0. The van der Waals surface area contributed by atoms with Crippen molar-refractivity contribution in [3.63, 3.8) is 0 Å². The van der Waals surface area contributed by atoms with Crippen molar-refractivity contribution < 1.29 is 9.53 Å². The highest BCUT2D eigenvalue weighted by Gasteiger charge is 2.22. The van der Waals surface area contributed by atoms with Gasteiger partial charge in [-0.25, -0.2) is 14.6 Å². The van der Waals surface area contributed by atoms with Crippen molar-refractivity contribution >= 4 is 11.6 Å². The van der Waals surface area contributed by atoms with E-state index in [1.807, 2.05) is 66.7 Å². The molecule has 0 saturated carbocycles.